The van der Waals surface area contributed by atoms with E-state index in [0.717, 1.165) is 34.4 Å². The van der Waals surface area contributed by atoms with Crippen molar-refractivity contribution in [3.05, 3.63) is 72.8 Å². The SMILES string of the molecule is CCCOc1c(-c2ccccc2)cccc1-c1ccccc1O. The summed E-state index contributed by atoms with van der Waals surface area (Å²) in [6.07, 6.45) is 0.934. The van der Waals surface area contributed by atoms with Gasteiger partial charge in [0, 0.05) is 16.7 Å². The highest BCUT2D eigenvalue weighted by molar-refractivity contribution is 5.84. The van der Waals surface area contributed by atoms with Crippen molar-refractivity contribution in [2.24, 2.45) is 0 Å². The Bertz CT molecular complexity index is 779. The Morgan fingerprint density at radius 3 is 2.13 bits per heavy atom. The number of aromatic hydroxyl groups is 1. The molecule has 0 saturated heterocycles. The van der Waals surface area contributed by atoms with E-state index in [1.54, 1.807) is 6.07 Å². The van der Waals surface area contributed by atoms with Gasteiger partial charge in [-0.15, -0.1) is 0 Å². The molecule has 0 bridgehead atoms. The monoisotopic (exact) mass is 304 g/mol. The van der Waals surface area contributed by atoms with E-state index >= 15 is 0 Å². The van der Waals surface area contributed by atoms with Crippen molar-refractivity contribution in [2.75, 3.05) is 6.61 Å². The van der Waals surface area contributed by atoms with Crippen LogP contribution in [0.15, 0.2) is 72.8 Å². The Kier molecular flexibility index (Phi) is 4.62. The second-order valence-electron chi connectivity index (χ2n) is 5.41. The third kappa shape index (κ3) is 3.21. The first-order valence-corrected chi connectivity index (χ1v) is 7.91. The molecule has 3 rings (SSSR count). The molecule has 0 atom stereocenters. The highest BCUT2D eigenvalue weighted by atomic mass is 16.5. The van der Waals surface area contributed by atoms with E-state index in [9.17, 15) is 5.11 Å². The van der Waals surface area contributed by atoms with Crippen molar-refractivity contribution in [2.45, 2.75) is 13.3 Å². The number of ether oxygens (including phenoxy) is 1. The van der Waals surface area contributed by atoms with Crippen molar-refractivity contribution >= 4 is 0 Å². The lowest BCUT2D eigenvalue weighted by Crippen LogP contribution is -1.99. The van der Waals surface area contributed by atoms with Crippen LogP contribution in [0.2, 0.25) is 0 Å². The lowest BCUT2D eigenvalue weighted by Gasteiger charge is -2.17. The number of phenolic OH excluding ortho intramolecular Hbond substituents is 1. The molecule has 0 fully saturated rings. The Hall–Kier alpha value is -2.74. The first-order chi connectivity index (χ1) is 11.3. The van der Waals surface area contributed by atoms with Crippen LogP contribution >= 0.6 is 0 Å². The van der Waals surface area contributed by atoms with E-state index < -0.39 is 0 Å². The van der Waals surface area contributed by atoms with Gasteiger partial charge in [-0.25, -0.2) is 0 Å². The Morgan fingerprint density at radius 1 is 0.739 bits per heavy atom. The van der Waals surface area contributed by atoms with E-state index in [2.05, 4.69) is 25.1 Å². The largest absolute Gasteiger partial charge is 0.507 e. The fourth-order valence-electron chi connectivity index (χ4n) is 2.66. The van der Waals surface area contributed by atoms with E-state index in [1.165, 1.54) is 0 Å². The van der Waals surface area contributed by atoms with Gasteiger partial charge in [0.15, 0.2) is 0 Å². The van der Waals surface area contributed by atoms with Crippen LogP contribution in [0.1, 0.15) is 13.3 Å². The molecule has 0 aliphatic carbocycles. The van der Waals surface area contributed by atoms with Crippen molar-refractivity contribution in [1.82, 2.24) is 0 Å². The summed E-state index contributed by atoms with van der Waals surface area (Å²) in [4.78, 5) is 0. The normalized spacial score (nSPS) is 10.5. The second kappa shape index (κ2) is 7.01. The summed E-state index contributed by atoms with van der Waals surface area (Å²) >= 11 is 0. The van der Waals surface area contributed by atoms with Crippen LogP contribution in [-0.4, -0.2) is 11.7 Å². The molecule has 0 amide bonds. The molecular weight excluding hydrogens is 284 g/mol. The summed E-state index contributed by atoms with van der Waals surface area (Å²) in [6, 6.07) is 23.6. The summed E-state index contributed by atoms with van der Waals surface area (Å²) in [7, 11) is 0. The standard InChI is InChI=1S/C21H20O2/c1-2-15-23-21-17(16-9-4-3-5-10-16)12-8-13-19(21)18-11-6-7-14-20(18)22/h3-14,22H,2,15H2,1H3. The van der Waals surface area contributed by atoms with Gasteiger partial charge in [-0.2, -0.15) is 0 Å². The molecule has 0 aliphatic rings. The van der Waals surface area contributed by atoms with E-state index in [-0.39, 0.29) is 5.75 Å². The molecule has 2 nitrogen and oxygen atoms in total. The predicted octanol–water partition coefficient (Wildman–Crippen LogP) is 5.52. The summed E-state index contributed by atoms with van der Waals surface area (Å²) in [5.74, 6) is 1.08. The van der Waals surface area contributed by atoms with Crippen LogP contribution in [-0.2, 0) is 0 Å². The first-order valence-electron chi connectivity index (χ1n) is 7.91. The zero-order valence-electron chi connectivity index (χ0n) is 13.2. The summed E-state index contributed by atoms with van der Waals surface area (Å²) in [5.41, 5.74) is 3.85. The van der Waals surface area contributed by atoms with Crippen molar-refractivity contribution < 1.29 is 9.84 Å². The van der Waals surface area contributed by atoms with Crippen LogP contribution in [0, 0.1) is 0 Å². The first kappa shape index (κ1) is 15.2. The fraction of sp³-hybridized carbons (Fsp3) is 0.143. The van der Waals surface area contributed by atoms with E-state index in [0.29, 0.717) is 6.61 Å². The third-order valence-corrected chi connectivity index (χ3v) is 3.74. The van der Waals surface area contributed by atoms with Gasteiger partial charge in [-0.05, 0) is 18.1 Å². The maximum Gasteiger partial charge on any atom is 0.135 e. The molecule has 0 radical (unpaired) electrons. The zero-order valence-corrected chi connectivity index (χ0v) is 13.2. The minimum absolute atomic E-state index is 0.263. The molecule has 0 unspecified atom stereocenters. The number of benzene rings is 3. The molecule has 116 valence electrons. The number of para-hydroxylation sites is 2. The lowest BCUT2D eigenvalue weighted by atomic mass is 9.96. The molecular formula is C21H20O2. The summed E-state index contributed by atoms with van der Waals surface area (Å²) in [5, 5.41) is 10.2. The van der Waals surface area contributed by atoms with Gasteiger partial charge in [-0.3, -0.25) is 0 Å². The van der Waals surface area contributed by atoms with Gasteiger partial charge in [0.25, 0.3) is 0 Å². The quantitative estimate of drug-likeness (QED) is 0.673. The van der Waals surface area contributed by atoms with Gasteiger partial charge in [-0.1, -0.05) is 73.7 Å². The number of hydrogen-bond acceptors (Lipinski definition) is 2. The molecule has 2 heteroatoms. The van der Waals surface area contributed by atoms with Crippen LogP contribution in [0.3, 0.4) is 0 Å². The van der Waals surface area contributed by atoms with Gasteiger partial charge in [0.1, 0.15) is 11.5 Å². The average molecular weight is 304 g/mol. The fourth-order valence-corrected chi connectivity index (χ4v) is 2.66. The van der Waals surface area contributed by atoms with E-state index in [4.69, 9.17) is 4.74 Å². The van der Waals surface area contributed by atoms with Crippen LogP contribution in [0.4, 0.5) is 0 Å². The Balaban J connectivity index is 2.18. The van der Waals surface area contributed by atoms with Crippen molar-refractivity contribution in [3.8, 4) is 33.8 Å². The predicted molar refractivity (Wildman–Crippen MR) is 94.8 cm³/mol. The molecule has 0 spiro atoms. The molecule has 0 aromatic heterocycles. The number of phenols is 1. The van der Waals surface area contributed by atoms with Gasteiger partial charge >= 0.3 is 0 Å². The lowest BCUT2D eigenvalue weighted by molar-refractivity contribution is 0.320. The maximum atomic E-state index is 10.2. The molecule has 0 saturated carbocycles. The molecule has 3 aromatic carbocycles. The minimum Gasteiger partial charge on any atom is -0.507 e. The third-order valence-electron chi connectivity index (χ3n) is 3.74. The molecule has 3 aromatic rings. The second-order valence-corrected chi connectivity index (χ2v) is 5.41. The Morgan fingerprint density at radius 2 is 1.39 bits per heavy atom. The number of hydrogen-bond donors (Lipinski definition) is 1. The summed E-state index contributed by atoms with van der Waals surface area (Å²) < 4.78 is 6.07. The van der Waals surface area contributed by atoms with Crippen molar-refractivity contribution in [1.29, 1.82) is 0 Å². The van der Waals surface area contributed by atoms with Crippen LogP contribution in [0.25, 0.3) is 22.3 Å². The van der Waals surface area contributed by atoms with Gasteiger partial charge in [0.05, 0.1) is 6.61 Å². The van der Waals surface area contributed by atoms with Crippen LogP contribution < -0.4 is 4.74 Å². The van der Waals surface area contributed by atoms with Gasteiger partial charge < -0.3 is 9.84 Å². The highest BCUT2D eigenvalue weighted by Crippen LogP contribution is 2.41. The average Bonchev–Trinajstić information content (AvgIpc) is 2.61. The highest BCUT2D eigenvalue weighted by Gasteiger charge is 2.15. The molecule has 0 aliphatic heterocycles. The minimum atomic E-state index is 0.263. The zero-order chi connectivity index (χ0) is 16.1. The van der Waals surface area contributed by atoms with Gasteiger partial charge in [0.2, 0.25) is 0 Å². The topological polar surface area (TPSA) is 29.5 Å². The number of rotatable bonds is 5. The summed E-state index contributed by atoms with van der Waals surface area (Å²) in [6.45, 7) is 2.73. The van der Waals surface area contributed by atoms with Crippen LogP contribution in [0.5, 0.6) is 11.5 Å². The molecule has 1 N–H and O–H groups in total. The van der Waals surface area contributed by atoms with Crippen molar-refractivity contribution in [3.63, 3.8) is 0 Å². The molecule has 0 heterocycles. The Labute approximate surface area is 137 Å². The molecule has 23 heavy (non-hydrogen) atoms. The van der Waals surface area contributed by atoms with E-state index in [1.807, 2.05) is 48.5 Å². The smallest absolute Gasteiger partial charge is 0.135 e. The maximum absolute atomic E-state index is 10.2.